The van der Waals surface area contributed by atoms with Crippen LogP contribution in [0.15, 0.2) is 24.3 Å². The first kappa shape index (κ1) is 14.8. The van der Waals surface area contributed by atoms with Crippen molar-refractivity contribution in [3.8, 4) is 11.5 Å². The van der Waals surface area contributed by atoms with Gasteiger partial charge in [0.15, 0.2) is 0 Å². The molecule has 1 N–H and O–H groups in total. The van der Waals surface area contributed by atoms with Crippen LogP contribution in [0.5, 0.6) is 11.5 Å². The van der Waals surface area contributed by atoms with E-state index in [-0.39, 0.29) is 0 Å². The molecule has 0 bridgehead atoms. The summed E-state index contributed by atoms with van der Waals surface area (Å²) in [5, 5.41) is 3.29. The summed E-state index contributed by atoms with van der Waals surface area (Å²) in [6, 6.07) is 7.72. The van der Waals surface area contributed by atoms with E-state index in [4.69, 9.17) is 14.2 Å². The summed E-state index contributed by atoms with van der Waals surface area (Å²) in [5.41, 5.74) is 0. The van der Waals surface area contributed by atoms with Crippen molar-refractivity contribution in [3.05, 3.63) is 24.3 Å². The summed E-state index contributed by atoms with van der Waals surface area (Å²) < 4.78 is 16.0. The van der Waals surface area contributed by atoms with Gasteiger partial charge in [-0.3, -0.25) is 0 Å². The highest BCUT2D eigenvalue weighted by molar-refractivity contribution is 5.32. The molecule has 0 saturated carbocycles. The van der Waals surface area contributed by atoms with Crippen molar-refractivity contribution in [2.75, 3.05) is 40.0 Å². The average Bonchev–Trinajstić information content (AvgIpc) is 2.39. The fourth-order valence-electron chi connectivity index (χ4n) is 1.53. The standard InChI is InChI=1S/C14H23NO3/c1-3-17-13-6-4-7-14(12-13)18-11-9-15-8-5-10-16-2/h4,6-7,12,15H,3,5,8-11H2,1-2H3. The Morgan fingerprint density at radius 2 is 1.83 bits per heavy atom. The molecule has 1 rings (SSSR count). The molecule has 1 aromatic carbocycles. The van der Waals surface area contributed by atoms with E-state index in [0.29, 0.717) is 13.2 Å². The maximum atomic E-state index is 5.63. The zero-order chi connectivity index (χ0) is 13.1. The Kier molecular flexibility index (Phi) is 8.01. The van der Waals surface area contributed by atoms with Crippen molar-refractivity contribution in [3.63, 3.8) is 0 Å². The van der Waals surface area contributed by atoms with E-state index in [9.17, 15) is 0 Å². The first-order chi connectivity index (χ1) is 8.86. The van der Waals surface area contributed by atoms with Gasteiger partial charge < -0.3 is 19.5 Å². The normalized spacial score (nSPS) is 10.3. The molecule has 4 nitrogen and oxygen atoms in total. The number of hydrogen-bond acceptors (Lipinski definition) is 4. The molecule has 0 saturated heterocycles. The Labute approximate surface area is 109 Å². The van der Waals surface area contributed by atoms with Gasteiger partial charge in [0, 0.05) is 26.3 Å². The lowest BCUT2D eigenvalue weighted by Gasteiger charge is -2.09. The van der Waals surface area contributed by atoms with E-state index in [1.54, 1.807) is 7.11 Å². The number of methoxy groups -OCH3 is 1. The fraction of sp³-hybridized carbons (Fsp3) is 0.571. The average molecular weight is 253 g/mol. The van der Waals surface area contributed by atoms with Crippen LogP contribution in [-0.4, -0.2) is 40.0 Å². The number of ether oxygens (including phenoxy) is 3. The Morgan fingerprint density at radius 1 is 1.06 bits per heavy atom. The Morgan fingerprint density at radius 3 is 2.56 bits per heavy atom. The highest BCUT2D eigenvalue weighted by Crippen LogP contribution is 2.18. The van der Waals surface area contributed by atoms with E-state index in [1.165, 1.54) is 0 Å². The smallest absolute Gasteiger partial charge is 0.123 e. The van der Waals surface area contributed by atoms with Gasteiger partial charge >= 0.3 is 0 Å². The molecule has 0 aliphatic carbocycles. The Bertz CT molecular complexity index is 318. The van der Waals surface area contributed by atoms with Crippen LogP contribution < -0.4 is 14.8 Å². The number of benzene rings is 1. The molecule has 4 heteroatoms. The van der Waals surface area contributed by atoms with E-state index >= 15 is 0 Å². The molecule has 0 unspecified atom stereocenters. The predicted octanol–water partition coefficient (Wildman–Crippen LogP) is 2.09. The van der Waals surface area contributed by atoms with Crippen LogP contribution in [0.2, 0.25) is 0 Å². The van der Waals surface area contributed by atoms with Crippen molar-refractivity contribution < 1.29 is 14.2 Å². The summed E-state index contributed by atoms with van der Waals surface area (Å²) >= 11 is 0. The summed E-state index contributed by atoms with van der Waals surface area (Å²) in [6.07, 6.45) is 1.02. The number of nitrogens with one attached hydrogen (secondary N) is 1. The summed E-state index contributed by atoms with van der Waals surface area (Å²) in [6.45, 7) is 5.88. The second-order valence-electron chi connectivity index (χ2n) is 3.85. The van der Waals surface area contributed by atoms with Crippen molar-refractivity contribution in [1.82, 2.24) is 5.32 Å². The van der Waals surface area contributed by atoms with E-state index in [2.05, 4.69) is 5.32 Å². The van der Waals surface area contributed by atoms with Crippen LogP contribution in [0.25, 0.3) is 0 Å². The van der Waals surface area contributed by atoms with Gasteiger partial charge in [-0.15, -0.1) is 0 Å². The fourth-order valence-corrected chi connectivity index (χ4v) is 1.53. The van der Waals surface area contributed by atoms with Crippen LogP contribution in [-0.2, 0) is 4.74 Å². The minimum absolute atomic E-state index is 0.655. The molecular formula is C14H23NO3. The Hall–Kier alpha value is -1.26. The van der Waals surface area contributed by atoms with Gasteiger partial charge in [0.2, 0.25) is 0 Å². The first-order valence-corrected chi connectivity index (χ1v) is 6.42. The lowest BCUT2D eigenvalue weighted by molar-refractivity contribution is 0.193. The Balaban J connectivity index is 2.13. The minimum Gasteiger partial charge on any atom is -0.494 e. The molecule has 0 heterocycles. The zero-order valence-corrected chi connectivity index (χ0v) is 11.3. The van der Waals surface area contributed by atoms with Crippen LogP contribution >= 0.6 is 0 Å². The maximum absolute atomic E-state index is 5.63. The van der Waals surface area contributed by atoms with Crippen LogP contribution in [0.1, 0.15) is 13.3 Å². The molecule has 102 valence electrons. The third-order valence-electron chi connectivity index (χ3n) is 2.37. The van der Waals surface area contributed by atoms with Crippen molar-refractivity contribution in [1.29, 1.82) is 0 Å². The quantitative estimate of drug-likeness (QED) is 0.648. The van der Waals surface area contributed by atoms with Crippen molar-refractivity contribution in [2.24, 2.45) is 0 Å². The van der Waals surface area contributed by atoms with Gasteiger partial charge in [-0.1, -0.05) is 6.07 Å². The molecule has 0 amide bonds. The topological polar surface area (TPSA) is 39.7 Å². The van der Waals surface area contributed by atoms with Crippen LogP contribution in [0.4, 0.5) is 0 Å². The summed E-state index contributed by atoms with van der Waals surface area (Å²) in [7, 11) is 1.72. The maximum Gasteiger partial charge on any atom is 0.123 e. The molecule has 0 fully saturated rings. The minimum atomic E-state index is 0.655. The van der Waals surface area contributed by atoms with Crippen LogP contribution in [0, 0.1) is 0 Å². The molecule has 0 atom stereocenters. The molecular weight excluding hydrogens is 230 g/mol. The lowest BCUT2D eigenvalue weighted by atomic mass is 10.3. The van der Waals surface area contributed by atoms with Crippen molar-refractivity contribution >= 4 is 0 Å². The largest absolute Gasteiger partial charge is 0.494 e. The second kappa shape index (κ2) is 9.74. The SMILES string of the molecule is CCOc1cccc(OCCNCCCOC)c1. The van der Waals surface area contributed by atoms with Gasteiger partial charge in [-0.25, -0.2) is 0 Å². The summed E-state index contributed by atoms with van der Waals surface area (Å²) in [5.74, 6) is 1.70. The third kappa shape index (κ3) is 6.47. The molecule has 0 spiro atoms. The van der Waals surface area contributed by atoms with E-state index in [0.717, 1.165) is 37.6 Å². The number of hydrogen-bond donors (Lipinski definition) is 1. The van der Waals surface area contributed by atoms with Crippen molar-refractivity contribution in [2.45, 2.75) is 13.3 Å². The molecule has 18 heavy (non-hydrogen) atoms. The van der Waals surface area contributed by atoms with E-state index in [1.807, 2.05) is 31.2 Å². The number of rotatable bonds is 10. The molecule has 1 aromatic rings. The van der Waals surface area contributed by atoms with Gasteiger partial charge in [-0.05, 0) is 32.0 Å². The monoisotopic (exact) mass is 253 g/mol. The highest BCUT2D eigenvalue weighted by Gasteiger charge is 1.97. The highest BCUT2D eigenvalue weighted by atomic mass is 16.5. The van der Waals surface area contributed by atoms with E-state index < -0.39 is 0 Å². The summed E-state index contributed by atoms with van der Waals surface area (Å²) in [4.78, 5) is 0. The van der Waals surface area contributed by atoms with Crippen LogP contribution in [0.3, 0.4) is 0 Å². The molecule has 0 radical (unpaired) electrons. The zero-order valence-electron chi connectivity index (χ0n) is 11.3. The lowest BCUT2D eigenvalue weighted by Crippen LogP contribution is -2.22. The first-order valence-electron chi connectivity index (χ1n) is 6.42. The third-order valence-corrected chi connectivity index (χ3v) is 2.37. The molecule has 0 aliphatic heterocycles. The molecule has 0 aliphatic rings. The van der Waals surface area contributed by atoms with Gasteiger partial charge in [-0.2, -0.15) is 0 Å². The molecule has 0 aromatic heterocycles. The van der Waals surface area contributed by atoms with Gasteiger partial charge in [0.1, 0.15) is 18.1 Å². The van der Waals surface area contributed by atoms with Gasteiger partial charge in [0.25, 0.3) is 0 Å². The second-order valence-corrected chi connectivity index (χ2v) is 3.85. The van der Waals surface area contributed by atoms with Gasteiger partial charge in [0.05, 0.1) is 6.61 Å². The predicted molar refractivity (Wildman–Crippen MR) is 72.5 cm³/mol.